The highest BCUT2D eigenvalue weighted by molar-refractivity contribution is 5.66. The third-order valence-electron chi connectivity index (χ3n) is 9.60. The number of esters is 1. The number of epoxide rings is 1. The Balaban J connectivity index is 1.61. The molecule has 7 nitrogen and oxygen atoms in total. The lowest BCUT2D eigenvalue weighted by atomic mass is 9.36. The summed E-state index contributed by atoms with van der Waals surface area (Å²) in [6, 6.07) is 0. The molecule has 7 aliphatic rings. The maximum Gasteiger partial charge on any atom is 0.302 e. The van der Waals surface area contributed by atoms with Crippen molar-refractivity contribution in [2.24, 2.45) is 34.0 Å². The first-order chi connectivity index (χ1) is 13.5. The Morgan fingerprint density at radius 2 is 1.97 bits per heavy atom. The van der Waals surface area contributed by atoms with Gasteiger partial charge in [-0.2, -0.15) is 0 Å². The molecule has 11 unspecified atom stereocenters. The lowest BCUT2D eigenvalue weighted by Crippen LogP contribution is -2.85. The maximum absolute atomic E-state index is 12.0. The highest BCUT2D eigenvalue weighted by Gasteiger charge is 2.89. The summed E-state index contributed by atoms with van der Waals surface area (Å²) in [7, 11) is 0. The average Bonchev–Trinajstić information content (AvgIpc) is 3.40. The molecule has 4 aliphatic carbocycles. The number of aliphatic hydroxyl groups is 3. The molecule has 29 heavy (non-hydrogen) atoms. The topological polar surface area (TPSA) is 109 Å². The van der Waals surface area contributed by atoms with E-state index in [0.29, 0.717) is 18.4 Å². The summed E-state index contributed by atoms with van der Waals surface area (Å²) in [5, 5.41) is 34.8. The summed E-state index contributed by atoms with van der Waals surface area (Å²) in [5.41, 5.74) is -1.47. The van der Waals surface area contributed by atoms with Crippen molar-refractivity contribution < 1.29 is 34.3 Å². The molecule has 7 rings (SSSR count). The minimum Gasteiger partial charge on any atom is -0.462 e. The van der Waals surface area contributed by atoms with Crippen molar-refractivity contribution in [1.29, 1.82) is 0 Å². The van der Waals surface area contributed by atoms with Gasteiger partial charge in [0.25, 0.3) is 0 Å². The summed E-state index contributed by atoms with van der Waals surface area (Å²) in [6.45, 7) is 9.90. The van der Waals surface area contributed by atoms with Crippen LogP contribution in [0.1, 0.15) is 40.0 Å². The minimum atomic E-state index is -1.88. The number of fused-ring (bicyclic) bond motifs is 4. The fraction of sp³-hybridized carbons (Fsp3) is 0.864. The van der Waals surface area contributed by atoms with Gasteiger partial charge < -0.3 is 29.5 Å². The van der Waals surface area contributed by atoms with E-state index in [1.54, 1.807) is 0 Å². The van der Waals surface area contributed by atoms with Crippen molar-refractivity contribution in [2.45, 2.75) is 76.3 Å². The normalized spacial score (nSPS) is 60.8. The van der Waals surface area contributed by atoms with Crippen LogP contribution in [0.25, 0.3) is 0 Å². The average molecular weight is 406 g/mol. The first-order valence-corrected chi connectivity index (χ1v) is 10.8. The lowest BCUT2D eigenvalue weighted by molar-refractivity contribution is -0.465. The molecular weight excluding hydrogens is 376 g/mol. The molecule has 4 bridgehead atoms. The zero-order valence-corrected chi connectivity index (χ0v) is 17.1. The van der Waals surface area contributed by atoms with Crippen LogP contribution < -0.4 is 0 Å². The summed E-state index contributed by atoms with van der Waals surface area (Å²) < 4.78 is 18.1. The predicted octanol–water partition coefficient (Wildman–Crippen LogP) is 0.755. The Bertz CT molecular complexity index is 824. The standard InChI is InChI=1S/C22H30O7/c1-9-11-7-21(17(9)24)15(14-13(11)29-14)20-8-27-22(21,26)18(25)16(20)19(3,4)6-5-12(20)28-10(2)23/h11-18,24-26H,1,5-8H2,2-4H3. The molecule has 0 radical (unpaired) electrons. The fourth-order valence-electron chi connectivity index (χ4n) is 8.70. The second kappa shape index (κ2) is 5.07. The van der Waals surface area contributed by atoms with Gasteiger partial charge in [-0.25, -0.2) is 0 Å². The van der Waals surface area contributed by atoms with Crippen LogP contribution in [-0.4, -0.2) is 64.2 Å². The lowest BCUT2D eigenvalue weighted by Gasteiger charge is -2.74. The molecule has 3 aliphatic heterocycles. The van der Waals surface area contributed by atoms with Gasteiger partial charge in [0.1, 0.15) is 12.2 Å². The second-order valence-corrected chi connectivity index (χ2v) is 11.0. The maximum atomic E-state index is 12.0. The van der Waals surface area contributed by atoms with E-state index in [0.717, 1.165) is 6.42 Å². The van der Waals surface area contributed by atoms with Gasteiger partial charge in [-0.3, -0.25) is 4.79 Å². The molecule has 0 aromatic carbocycles. The Hall–Kier alpha value is -0.990. The molecule has 11 atom stereocenters. The van der Waals surface area contributed by atoms with Crippen molar-refractivity contribution in [1.82, 2.24) is 0 Å². The number of aliphatic hydroxyl groups excluding tert-OH is 2. The van der Waals surface area contributed by atoms with E-state index in [1.165, 1.54) is 6.92 Å². The molecule has 3 N–H and O–H groups in total. The van der Waals surface area contributed by atoms with E-state index in [-0.39, 0.29) is 48.0 Å². The van der Waals surface area contributed by atoms with Crippen molar-refractivity contribution >= 4 is 5.97 Å². The molecule has 160 valence electrons. The first kappa shape index (κ1) is 18.8. The highest BCUT2D eigenvalue weighted by atomic mass is 16.7. The monoisotopic (exact) mass is 406 g/mol. The predicted molar refractivity (Wildman–Crippen MR) is 99.2 cm³/mol. The van der Waals surface area contributed by atoms with Gasteiger partial charge in [0.15, 0.2) is 0 Å². The molecule has 7 fully saturated rings. The molecular formula is C22H30O7. The van der Waals surface area contributed by atoms with E-state index in [4.69, 9.17) is 14.2 Å². The van der Waals surface area contributed by atoms with E-state index in [1.807, 2.05) is 0 Å². The van der Waals surface area contributed by atoms with Crippen LogP contribution in [0.5, 0.6) is 0 Å². The zero-order valence-electron chi connectivity index (χ0n) is 17.1. The number of ether oxygens (including phenoxy) is 3. The van der Waals surface area contributed by atoms with Crippen molar-refractivity contribution in [3.8, 4) is 0 Å². The van der Waals surface area contributed by atoms with Crippen LogP contribution in [0.3, 0.4) is 0 Å². The van der Waals surface area contributed by atoms with Gasteiger partial charge in [0, 0.05) is 30.1 Å². The van der Waals surface area contributed by atoms with Gasteiger partial charge in [-0.05, 0) is 30.3 Å². The fourth-order valence-corrected chi connectivity index (χ4v) is 8.70. The van der Waals surface area contributed by atoms with Gasteiger partial charge in [0.2, 0.25) is 5.79 Å². The molecule has 0 aromatic heterocycles. The summed E-state index contributed by atoms with van der Waals surface area (Å²) in [5.74, 6) is -2.92. The molecule has 3 saturated heterocycles. The van der Waals surface area contributed by atoms with Crippen LogP contribution in [0.15, 0.2) is 12.2 Å². The molecule has 0 amide bonds. The number of hydrogen-bond donors (Lipinski definition) is 3. The molecule has 0 aromatic rings. The van der Waals surface area contributed by atoms with Crippen molar-refractivity contribution in [2.75, 3.05) is 6.61 Å². The van der Waals surface area contributed by atoms with Crippen LogP contribution in [0.4, 0.5) is 0 Å². The van der Waals surface area contributed by atoms with Gasteiger partial charge in [0.05, 0.1) is 30.3 Å². The number of hydrogen-bond acceptors (Lipinski definition) is 7. The molecule has 7 heteroatoms. The number of carbonyl (C=O) groups excluding carboxylic acids is 1. The summed E-state index contributed by atoms with van der Waals surface area (Å²) >= 11 is 0. The van der Waals surface area contributed by atoms with E-state index >= 15 is 0 Å². The van der Waals surface area contributed by atoms with E-state index in [2.05, 4.69) is 20.4 Å². The smallest absolute Gasteiger partial charge is 0.302 e. The second-order valence-electron chi connectivity index (χ2n) is 11.0. The largest absolute Gasteiger partial charge is 0.462 e. The Kier molecular flexibility index (Phi) is 3.28. The third-order valence-corrected chi connectivity index (χ3v) is 9.60. The molecule has 4 saturated carbocycles. The van der Waals surface area contributed by atoms with Crippen LogP contribution >= 0.6 is 0 Å². The van der Waals surface area contributed by atoms with Gasteiger partial charge in [-0.1, -0.05) is 20.4 Å². The van der Waals surface area contributed by atoms with Crippen LogP contribution in [0, 0.1) is 34.0 Å². The Morgan fingerprint density at radius 3 is 2.66 bits per heavy atom. The van der Waals surface area contributed by atoms with Crippen LogP contribution in [-0.2, 0) is 19.0 Å². The zero-order chi connectivity index (χ0) is 20.7. The van der Waals surface area contributed by atoms with Crippen molar-refractivity contribution in [3.63, 3.8) is 0 Å². The van der Waals surface area contributed by atoms with Gasteiger partial charge >= 0.3 is 5.97 Å². The van der Waals surface area contributed by atoms with E-state index < -0.39 is 34.9 Å². The molecule has 2 spiro atoms. The highest BCUT2D eigenvalue weighted by Crippen LogP contribution is 2.80. The Labute approximate surface area is 170 Å². The quantitative estimate of drug-likeness (QED) is 0.335. The number of carbonyl (C=O) groups is 1. The van der Waals surface area contributed by atoms with Crippen molar-refractivity contribution in [3.05, 3.63) is 12.2 Å². The third kappa shape index (κ3) is 1.76. The molecule has 3 heterocycles. The van der Waals surface area contributed by atoms with Gasteiger partial charge in [-0.15, -0.1) is 0 Å². The van der Waals surface area contributed by atoms with Crippen LogP contribution in [0.2, 0.25) is 0 Å². The SMILES string of the molecule is C=C1C2CC3(C1O)C(C1OC21)C12COC3(O)C(O)C1C(C)(C)CCC2OC(C)=O. The minimum absolute atomic E-state index is 0.0316. The number of rotatable bonds is 1. The first-order valence-electron chi connectivity index (χ1n) is 10.8. The summed E-state index contributed by atoms with van der Waals surface area (Å²) in [6.07, 6.45) is -0.947. The Morgan fingerprint density at radius 1 is 1.24 bits per heavy atom. The summed E-state index contributed by atoms with van der Waals surface area (Å²) in [4.78, 5) is 12.0. The van der Waals surface area contributed by atoms with E-state index in [9.17, 15) is 20.1 Å².